The Morgan fingerprint density at radius 1 is 1.48 bits per heavy atom. The Kier molecular flexibility index (Phi) is 3.46. The molecule has 4 rings (SSSR count). The van der Waals surface area contributed by atoms with Gasteiger partial charge in [-0.1, -0.05) is 34.3 Å². The number of benzene rings is 1. The maximum absolute atomic E-state index is 12.0. The number of aromatic nitrogens is 5. The molecule has 0 aliphatic heterocycles. The third kappa shape index (κ3) is 2.90. The minimum absolute atomic E-state index is 0.167. The summed E-state index contributed by atoms with van der Waals surface area (Å²) in [5.41, 5.74) is 2.04. The standard InChI is InChI=1S/C13H10N6O2S2/c1-7-2-3-8-9(4-7)23-11(15-8)16-10(20)5-22-13-18-19-6-14-17-12(19)21-13/h2-4,6H,5H2,1H3,(H,15,16,20). The number of nitrogens with zero attached hydrogens (tertiary/aromatic N) is 5. The number of fused-ring (bicyclic) bond motifs is 2. The van der Waals surface area contributed by atoms with E-state index in [9.17, 15) is 4.79 Å². The van der Waals surface area contributed by atoms with Crippen LogP contribution in [-0.4, -0.2) is 36.5 Å². The first-order valence-corrected chi connectivity index (χ1v) is 8.44. The summed E-state index contributed by atoms with van der Waals surface area (Å²) in [4.78, 5) is 16.4. The van der Waals surface area contributed by atoms with Crippen LogP contribution >= 0.6 is 23.1 Å². The number of carbonyl (C=O) groups is 1. The number of carbonyl (C=O) groups excluding carboxylic acids is 1. The summed E-state index contributed by atoms with van der Waals surface area (Å²) in [6, 6.07) is 5.99. The lowest BCUT2D eigenvalue weighted by Gasteiger charge is -1.98. The van der Waals surface area contributed by atoms with Gasteiger partial charge in [-0.25, -0.2) is 4.98 Å². The zero-order chi connectivity index (χ0) is 15.8. The number of amides is 1. The van der Waals surface area contributed by atoms with E-state index in [1.54, 1.807) is 0 Å². The van der Waals surface area contributed by atoms with E-state index in [2.05, 4.69) is 25.6 Å². The van der Waals surface area contributed by atoms with Crippen LogP contribution in [0.4, 0.5) is 5.13 Å². The zero-order valence-corrected chi connectivity index (χ0v) is 13.5. The Morgan fingerprint density at radius 3 is 3.26 bits per heavy atom. The Labute approximate surface area is 137 Å². The lowest BCUT2D eigenvalue weighted by molar-refractivity contribution is -0.113. The number of rotatable bonds is 4. The Bertz CT molecular complexity index is 976. The van der Waals surface area contributed by atoms with Crippen LogP contribution in [0.2, 0.25) is 0 Å². The van der Waals surface area contributed by atoms with Gasteiger partial charge in [0.15, 0.2) is 5.13 Å². The third-order valence-electron chi connectivity index (χ3n) is 2.99. The molecule has 0 aliphatic rings. The van der Waals surface area contributed by atoms with Gasteiger partial charge in [0.1, 0.15) is 6.33 Å². The van der Waals surface area contributed by atoms with Gasteiger partial charge in [-0.2, -0.15) is 4.52 Å². The zero-order valence-electron chi connectivity index (χ0n) is 11.9. The summed E-state index contributed by atoms with van der Waals surface area (Å²) in [7, 11) is 0. The molecule has 0 bridgehead atoms. The second-order valence-corrected chi connectivity index (χ2v) is 6.71. The predicted octanol–water partition coefficient (Wildman–Crippen LogP) is 2.37. The number of nitrogens with one attached hydrogen (secondary N) is 1. The molecule has 0 fully saturated rings. The van der Waals surface area contributed by atoms with Crippen molar-refractivity contribution >= 4 is 50.2 Å². The number of thiazole rings is 1. The fourth-order valence-corrected chi connectivity index (χ4v) is 3.55. The highest BCUT2D eigenvalue weighted by Gasteiger charge is 2.12. The van der Waals surface area contributed by atoms with Crippen LogP contribution in [0.15, 0.2) is 34.2 Å². The van der Waals surface area contributed by atoms with Crippen molar-refractivity contribution in [3.63, 3.8) is 0 Å². The van der Waals surface area contributed by atoms with Gasteiger partial charge >= 0.3 is 5.84 Å². The number of hydrogen-bond acceptors (Lipinski definition) is 8. The third-order valence-corrected chi connectivity index (χ3v) is 4.74. The van der Waals surface area contributed by atoms with E-state index in [-0.39, 0.29) is 11.7 Å². The molecule has 4 aromatic rings. The number of anilines is 1. The molecule has 3 heterocycles. The van der Waals surface area contributed by atoms with Crippen molar-refractivity contribution in [1.29, 1.82) is 0 Å². The summed E-state index contributed by atoms with van der Waals surface area (Å²) in [6.45, 7) is 2.02. The number of aryl methyl sites for hydroxylation is 1. The van der Waals surface area contributed by atoms with Gasteiger partial charge < -0.3 is 9.73 Å². The van der Waals surface area contributed by atoms with E-state index < -0.39 is 0 Å². The van der Waals surface area contributed by atoms with Gasteiger partial charge in [0.2, 0.25) is 5.91 Å². The highest BCUT2D eigenvalue weighted by Crippen LogP contribution is 2.27. The van der Waals surface area contributed by atoms with E-state index in [4.69, 9.17) is 4.42 Å². The van der Waals surface area contributed by atoms with Crippen LogP contribution in [0.25, 0.3) is 16.1 Å². The molecule has 0 aliphatic carbocycles. The van der Waals surface area contributed by atoms with Crippen LogP contribution < -0.4 is 5.32 Å². The molecular weight excluding hydrogens is 336 g/mol. The molecular formula is C13H10N6O2S2. The summed E-state index contributed by atoms with van der Waals surface area (Å²) in [5.74, 6) is 0.306. The van der Waals surface area contributed by atoms with Gasteiger partial charge in [0, 0.05) is 0 Å². The minimum atomic E-state index is -0.167. The quantitative estimate of drug-likeness (QED) is 0.566. The van der Waals surface area contributed by atoms with Gasteiger partial charge in [0.25, 0.3) is 5.22 Å². The number of thioether (sulfide) groups is 1. The van der Waals surface area contributed by atoms with E-state index >= 15 is 0 Å². The van der Waals surface area contributed by atoms with Crippen LogP contribution in [0.1, 0.15) is 5.56 Å². The molecule has 1 amide bonds. The average molecular weight is 346 g/mol. The maximum atomic E-state index is 12.0. The van der Waals surface area contributed by atoms with E-state index in [0.29, 0.717) is 16.2 Å². The average Bonchev–Trinajstić information content (AvgIpc) is 3.17. The minimum Gasteiger partial charge on any atom is -0.396 e. The van der Waals surface area contributed by atoms with Gasteiger partial charge in [-0.05, 0) is 24.6 Å². The Morgan fingerprint density at radius 2 is 2.39 bits per heavy atom. The Balaban J connectivity index is 1.41. The van der Waals surface area contributed by atoms with Crippen molar-refractivity contribution in [1.82, 2.24) is 24.8 Å². The highest BCUT2D eigenvalue weighted by atomic mass is 32.2. The van der Waals surface area contributed by atoms with E-state index in [0.717, 1.165) is 15.8 Å². The molecule has 23 heavy (non-hydrogen) atoms. The number of hydrogen-bond donors (Lipinski definition) is 1. The topological polar surface area (TPSA) is 98.2 Å². The van der Waals surface area contributed by atoms with Crippen LogP contribution in [0.3, 0.4) is 0 Å². The lowest BCUT2D eigenvalue weighted by Crippen LogP contribution is -2.13. The van der Waals surface area contributed by atoms with Crippen molar-refractivity contribution in [2.75, 3.05) is 11.1 Å². The van der Waals surface area contributed by atoms with Crippen molar-refractivity contribution in [2.45, 2.75) is 12.1 Å². The van der Waals surface area contributed by atoms with Crippen LogP contribution in [-0.2, 0) is 4.79 Å². The van der Waals surface area contributed by atoms with Gasteiger partial charge in [0.05, 0.1) is 16.0 Å². The molecule has 0 saturated heterocycles. The molecule has 0 atom stereocenters. The summed E-state index contributed by atoms with van der Waals surface area (Å²) in [6.07, 6.45) is 1.44. The fourth-order valence-electron chi connectivity index (χ4n) is 1.97. The van der Waals surface area contributed by atoms with Crippen molar-refractivity contribution in [3.8, 4) is 0 Å². The maximum Gasteiger partial charge on any atom is 0.345 e. The van der Waals surface area contributed by atoms with E-state index in [1.807, 2.05) is 25.1 Å². The largest absolute Gasteiger partial charge is 0.396 e. The smallest absolute Gasteiger partial charge is 0.345 e. The normalized spacial score (nSPS) is 11.3. The summed E-state index contributed by atoms with van der Waals surface area (Å²) in [5, 5.41) is 15.2. The SMILES string of the molecule is Cc1ccc2nc(NC(=O)CSc3nn4cnnc4o3)sc2c1. The van der Waals surface area contributed by atoms with Crippen molar-refractivity contribution in [2.24, 2.45) is 0 Å². The Hall–Kier alpha value is -2.46. The molecule has 1 N–H and O–H groups in total. The molecule has 10 heteroatoms. The van der Waals surface area contributed by atoms with Gasteiger partial charge in [-0.3, -0.25) is 4.79 Å². The van der Waals surface area contributed by atoms with E-state index in [1.165, 1.54) is 33.9 Å². The van der Waals surface area contributed by atoms with Gasteiger partial charge in [-0.15, -0.1) is 10.2 Å². The van der Waals surface area contributed by atoms with Crippen LogP contribution in [0, 0.1) is 6.92 Å². The lowest BCUT2D eigenvalue weighted by atomic mass is 10.2. The first kappa shape index (κ1) is 14.2. The van der Waals surface area contributed by atoms with Crippen LogP contribution in [0.5, 0.6) is 0 Å². The second-order valence-electron chi connectivity index (χ2n) is 4.75. The molecule has 0 unspecified atom stereocenters. The monoisotopic (exact) mass is 346 g/mol. The molecule has 0 radical (unpaired) electrons. The molecule has 0 spiro atoms. The molecule has 3 aromatic heterocycles. The first-order valence-electron chi connectivity index (χ1n) is 6.64. The molecule has 1 aromatic carbocycles. The predicted molar refractivity (Wildman–Crippen MR) is 86.8 cm³/mol. The molecule has 8 nitrogen and oxygen atoms in total. The molecule has 0 saturated carbocycles. The van der Waals surface area contributed by atoms with Crippen molar-refractivity contribution < 1.29 is 9.21 Å². The second kappa shape index (κ2) is 5.63. The fraction of sp³-hybridized carbons (Fsp3) is 0.154. The highest BCUT2D eigenvalue weighted by molar-refractivity contribution is 7.99. The summed E-state index contributed by atoms with van der Waals surface area (Å²) >= 11 is 2.64. The molecule has 116 valence electrons. The summed E-state index contributed by atoms with van der Waals surface area (Å²) < 4.78 is 7.78. The van der Waals surface area contributed by atoms with Crippen molar-refractivity contribution in [3.05, 3.63) is 30.1 Å². The first-order chi connectivity index (χ1) is 11.2.